The van der Waals surface area contributed by atoms with Gasteiger partial charge in [0.15, 0.2) is 0 Å². The summed E-state index contributed by atoms with van der Waals surface area (Å²) < 4.78 is 1.05. The summed E-state index contributed by atoms with van der Waals surface area (Å²) in [4.78, 5) is 1.94. The van der Waals surface area contributed by atoms with E-state index in [-0.39, 0.29) is 6.04 Å². The molecule has 2 nitrogen and oxygen atoms in total. The Morgan fingerprint density at radius 2 is 1.92 bits per heavy atom. The van der Waals surface area contributed by atoms with Crippen LogP contribution in [-0.2, 0) is 0 Å². The van der Waals surface area contributed by atoms with Gasteiger partial charge in [-0.25, -0.2) is 0 Å². The van der Waals surface area contributed by atoms with Crippen LogP contribution in [0.3, 0.4) is 0 Å². The van der Waals surface area contributed by atoms with Gasteiger partial charge in [0.25, 0.3) is 0 Å². The van der Waals surface area contributed by atoms with Crippen LogP contribution >= 0.6 is 15.9 Å². The third-order valence-corrected chi connectivity index (χ3v) is 2.53. The molecule has 0 aromatic heterocycles. The number of nitriles is 1. The van der Waals surface area contributed by atoms with E-state index >= 15 is 0 Å². The van der Waals surface area contributed by atoms with Crippen LogP contribution in [0.2, 0.25) is 0 Å². The molecule has 1 atom stereocenters. The predicted molar refractivity (Wildman–Crippen MR) is 57.6 cm³/mol. The lowest BCUT2D eigenvalue weighted by Gasteiger charge is -2.21. The van der Waals surface area contributed by atoms with Gasteiger partial charge in [0, 0.05) is 17.2 Å². The van der Waals surface area contributed by atoms with Gasteiger partial charge in [-0.1, -0.05) is 15.9 Å². The average molecular weight is 239 g/mol. The topological polar surface area (TPSA) is 27.0 Å². The fraction of sp³-hybridized carbons (Fsp3) is 0.300. The van der Waals surface area contributed by atoms with Crippen molar-refractivity contribution in [1.82, 2.24) is 0 Å². The lowest BCUT2D eigenvalue weighted by atomic mass is 10.2. The van der Waals surface area contributed by atoms with E-state index in [1.165, 1.54) is 0 Å². The number of hydrogen-bond donors (Lipinski definition) is 0. The molecule has 0 spiro atoms. The van der Waals surface area contributed by atoms with Crippen molar-refractivity contribution in [3.05, 3.63) is 28.7 Å². The Kier molecular flexibility index (Phi) is 3.32. The fourth-order valence-electron chi connectivity index (χ4n) is 0.986. The summed E-state index contributed by atoms with van der Waals surface area (Å²) in [5, 5.41) is 8.72. The number of nitrogens with zero attached hydrogens (tertiary/aromatic N) is 2. The molecular formula is C10H11BrN2. The van der Waals surface area contributed by atoms with Gasteiger partial charge in [0.2, 0.25) is 0 Å². The van der Waals surface area contributed by atoms with Crippen molar-refractivity contribution in [2.45, 2.75) is 13.0 Å². The van der Waals surface area contributed by atoms with E-state index in [0.29, 0.717) is 0 Å². The maximum absolute atomic E-state index is 8.72. The van der Waals surface area contributed by atoms with Crippen LogP contribution in [-0.4, -0.2) is 13.1 Å². The molecular weight excluding hydrogens is 228 g/mol. The van der Waals surface area contributed by atoms with Crippen LogP contribution < -0.4 is 4.90 Å². The Balaban J connectivity index is 2.84. The summed E-state index contributed by atoms with van der Waals surface area (Å²) in [7, 11) is 1.91. The first-order valence-electron chi connectivity index (χ1n) is 4.03. The van der Waals surface area contributed by atoms with Crippen LogP contribution in [0.1, 0.15) is 6.92 Å². The molecule has 1 aromatic carbocycles. The molecule has 0 radical (unpaired) electrons. The van der Waals surface area contributed by atoms with Gasteiger partial charge in [0.1, 0.15) is 6.04 Å². The first kappa shape index (κ1) is 10.1. The fourth-order valence-corrected chi connectivity index (χ4v) is 1.25. The summed E-state index contributed by atoms with van der Waals surface area (Å²) in [6, 6.07) is 10.0. The second-order valence-corrected chi connectivity index (χ2v) is 3.81. The van der Waals surface area contributed by atoms with E-state index < -0.39 is 0 Å². The van der Waals surface area contributed by atoms with Gasteiger partial charge in [-0.05, 0) is 31.2 Å². The normalized spacial score (nSPS) is 11.8. The smallest absolute Gasteiger partial charge is 0.113 e. The summed E-state index contributed by atoms with van der Waals surface area (Å²) in [5.41, 5.74) is 1.05. The molecule has 1 unspecified atom stereocenters. The summed E-state index contributed by atoms with van der Waals surface area (Å²) in [6.45, 7) is 1.88. The molecule has 13 heavy (non-hydrogen) atoms. The predicted octanol–water partition coefficient (Wildman–Crippen LogP) is 2.80. The van der Waals surface area contributed by atoms with Crippen LogP contribution in [0.25, 0.3) is 0 Å². The zero-order chi connectivity index (χ0) is 9.84. The van der Waals surface area contributed by atoms with Crippen molar-refractivity contribution in [2.75, 3.05) is 11.9 Å². The molecule has 0 bridgehead atoms. The molecule has 0 saturated carbocycles. The highest BCUT2D eigenvalue weighted by Crippen LogP contribution is 2.18. The van der Waals surface area contributed by atoms with Crippen LogP contribution in [0, 0.1) is 11.3 Å². The van der Waals surface area contributed by atoms with Crippen LogP contribution in [0.4, 0.5) is 5.69 Å². The van der Waals surface area contributed by atoms with Crippen molar-refractivity contribution in [3.8, 4) is 6.07 Å². The minimum absolute atomic E-state index is 0.0961. The minimum atomic E-state index is -0.0961. The Bertz CT molecular complexity index is 313. The van der Waals surface area contributed by atoms with Crippen molar-refractivity contribution >= 4 is 21.6 Å². The zero-order valence-electron chi connectivity index (χ0n) is 7.66. The molecule has 0 fully saturated rings. The van der Waals surface area contributed by atoms with Gasteiger partial charge >= 0.3 is 0 Å². The first-order valence-corrected chi connectivity index (χ1v) is 4.82. The highest BCUT2D eigenvalue weighted by atomic mass is 79.9. The lowest BCUT2D eigenvalue weighted by molar-refractivity contribution is 0.835. The molecule has 0 amide bonds. The average Bonchev–Trinajstić information content (AvgIpc) is 2.17. The standard InChI is InChI=1S/C10H11BrN2/c1-8(7-12)13(2)10-5-3-9(11)4-6-10/h3-6,8H,1-2H3. The van der Waals surface area contributed by atoms with Gasteiger partial charge in [-0.2, -0.15) is 5.26 Å². The molecule has 1 rings (SSSR count). The van der Waals surface area contributed by atoms with E-state index in [2.05, 4.69) is 22.0 Å². The highest BCUT2D eigenvalue weighted by Gasteiger charge is 2.07. The van der Waals surface area contributed by atoms with Gasteiger partial charge in [0.05, 0.1) is 6.07 Å². The summed E-state index contributed by atoms with van der Waals surface area (Å²) >= 11 is 3.37. The van der Waals surface area contributed by atoms with E-state index in [4.69, 9.17) is 5.26 Å². The Labute approximate surface area is 86.9 Å². The molecule has 0 aliphatic carbocycles. The first-order chi connectivity index (χ1) is 6.15. The summed E-state index contributed by atoms with van der Waals surface area (Å²) in [5.74, 6) is 0. The third-order valence-electron chi connectivity index (χ3n) is 2.00. The van der Waals surface area contributed by atoms with E-state index in [1.807, 2.05) is 43.1 Å². The van der Waals surface area contributed by atoms with E-state index in [1.54, 1.807) is 0 Å². The molecule has 0 saturated heterocycles. The molecule has 0 N–H and O–H groups in total. The second-order valence-electron chi connectivity index (χ2n) is 2.89. The van der Waals surface area contributed by atoms with Gasteiger partial charge in [-0.3, -0.25) is 0 Å². The molecule has 3 heteroatoms. The van der Waals surface area contributed by atoms with E-state index in [0.717, 1.165) is 10.2 Å². The third kappa shape index (κ3) is 2.46. The number of hydrogen-bond acceptors (Lipinski definition) is 2. The van der Waals surface area contributed by atoms with Crippen molar-refractivity contribution in [3.63, 3.8) is 0 Å². The molecule has 1 aromatic rings. The number of benzene rings is 1. The van der Waals surface area contributed by atoms with E-state index in [9.17, 15) is 0 Å². The zero-order valence-corrected chi connectivity index (χ0v) is 9.25. The quantitative estimate of drug-likeness (QED) is 0.793. The van der Waals surface area contributed by atoms with Crippen molar-refractivity contribution in [2.24, 2.45) is 0 Å². The molecule has 0 heterocycles. The van der Waals surface area contributed by atoms with Crippen molar-refractivity contribution in [1.29, 1.82) is 5.26 Å². The maximum Gasteiger partial charge on any atom is 0.113 e. The minimum Gasteiger partial charge on any atom is -0.359 e. The Morgan fingerprint density at radius 1 is 1.38 bits per heavy atom. The van der Waals surface area contributed by atoms with Crippen molar-refractivity contribution < 1.29 is 0 Å². The Hall–Kier alpha value is -1.01. The molecule has 0 aliphatic heterocycles. The van der Waals surface area contributed by atoms with Gasteiger partial charge in [-0.15, -0.1) is 0 Å². The van der Waals surface area contributed by atoms with Gasteiger partial charge < -0.3 is 4.90 Å². The summed E-state index contributed by atoms with van der Waals surface area (Å²) in [6.07, 6.45) is 0. The second kappa shape index (κ2) is 4.29. The van der Waals surface area contributed by atoms with Crippen LogP contribution in [0.5, 0.6) is 0 Å². The lowest BCUT2D eigenvalue weighted by Crippen LogP contribution is -2.26. The highest BCUT2D eigenvalue weighted by molar-refractivity contribution is 9.10. The molecule has 68 valence electrons. The largest absolute Gasteiger partial charge is 0.359 e. The SMILES string of the molecule is CC(C#N)N(C)c1ccc(Br)cc1. The van der Waals surface area contributed by atoms with Crippen LogP contribution in [0.15, 0.2) is 28.7 Å². The monoisotopic (exact) mass is 238 g/mol. The maximum atomic E-state index is 8.72. The molecule has 0 aliphatic rings. The number of halogens is 1. The Morgan fingerprint density at radius 3 is 2.38 bits per heavy atom. The number of anilines is 1. The number of rotatable bonds is 2.